The highest BCUT2D eigenvalue weighted by Crippen LogP contribution is 2.51. The molecule has 3 aliphatic rings. The molecule has 6 rings (SSSR count). The van der Waals surface area contributed by atoms with E-state index in [1.165, 1.54) is 0 Å². The topological polar surface area (TPSA) is 62.8 Å². The maximum absolute atomic E-state index is 12.7. The van der Waals surface area contributed by atoms with Gasteiger partial charge in [0.25, 0.3) is 11.1 Å². The monoisotopic (exact) mass is 455 g/mol. The SMILES string of the molecule is COc1ccc(C=C2SC(=O)NC23Oc2ccccc2C2C=C(c4ccccc4)NN23)cc1. The van der Waals surface area contributed by atoms with Crippen LogP contribution in [0.3, 0.4) is 0 Å². The van der Waals surface area contributed by atoms with Gasteiger partial charge in [0.1, 0.15) is 11.5 Å². The number of thioether (sulfide) groups is 1. The number of hydrogen-bond acceptors (Lipinski definition) is 6. The van der Waals surface area contributed by atoms with Gasteiger partial charge in [-0.2, -0.15) is 0 Å². The number of ether oxygens (including phenoxy) is 2. The molecule has 3 heterocycles. The second-order valence-corrected chi connectivity index (χ2v) is 8.97. The highest BCUT2D eigenvalue weighted by Gasteiger charge is 2.58. The van der Waals surface area contributed by atoms with Crippen molar-refractivity contribution in [2.75, 3.05) is 7.11 Å². The molecule has 1 amide bonds. The van der Waals surface area contributed by atoms with Crippen LogP contribution in [-0.2, 0) is 0 Å². The fourth-order valence-corrected chi connectivity index (χ4v) is 5.32. The molecule has 0 aliphatic carbocycles. The van der Waals surface area contributed by atoms with Crippen LogP contribution in [0.1, 0.15) is 22.7 Å². The van der Waals surface area contributed by atoms with E-state index in [1.54, 1.807) is 7.11 Å². The zero-order chi connectivity index (χ0) is 22.4. The molecule has 33 heavy (non-hydrogen) atoms. The standard InChI is InChI=1S/C26H21N3O3S/c1-31-19-13-11-17(12-14-19)15-24-26(27-25(30)33-24)29-22(20-9-5-6-10-23(20)32-26)16-21(28-29)18-7-3-2-4-8-18/h2-16,22,28H,1H3,(H,27,30). The van der Waals surface area contributed by atoms with Gasteiger partial charge in [0, 0.05) is 5.56 Å². The molecular weight excluding hydrogens is 434 g/mol. The number of carbonyl (C=O) groups excluding carboxylic acids is 1. The normalized spacial score (nSPS) is 24.5. The first-order chi connectivity index (χ1) is 16.2. The lowest BCUT2D eigenvalue weighted by molar-refractivity contribution is -0.107. The van der Waals surface area contributed by atoms with E-state index in [0.29, 0.717) is 0 Å². The minimum absolute atomic E-state index is 0.122. The first kappa shape index (κ1) is 20.0. The highest BCUT2D eigenvalue weighted by atomic mass is 32.2. The molecule has 0 radical (unpaired) electrons. The van der Waals surface area contributed by atoms with Crippen molar-refractivity contribution in [1.82, 2.24) is 15.8 Å². The Bertz CT molecular complexity index is 1290. The van der Waals surface area contributed by atoms with Crippen LogP contribution in [0.5, 0.6) is 11.5 Å². The Hall–Kier alpha value is -3.68. The van der Waals surface area contributed by atoms with E-state index in [9.17, 15) is 4.79 Å². The predicted molar refractivity (Wildman–Crippen MR) is 129 cm³/mol. The summed E-state index contributed by atoms with van der Waals surface area (Å²) in [6, 6.07) is 25.7. The summed E-state index contributed by atoms with van der Waals surface area (Å²) in [5, 5.41) is 4.91. The first-order valence-electron chi connectivity index (χ1n) is 10.6. The predicted octanol–water partition coefficient (Wildman–Crippen LogP) is 5.14. The first-order valence-corrected chi connectivity index (χ1v) is 11.5. The summed E-state index contributed by atoms with van der Waals surface area (Å²) in [5.74, 6) is 0.351. The number of nitrogens with one attached hydrogen (secondary N) is 2. The molecular formula is C26H21N3O3S. The summed E-state index contributed by atoms with van der Waals surface area (Å²) < 4.78 is 11.8. The zero-order valence-electron chi connectivity index (χ0n) is 17.8. The number of benzene rings is 3. The van der Waals surface area contributed by atoms with Crippen LogP contribution < -0.4 is 20.2 Å². The molecule has 1 spiro atoms. The molecule has 1 saturated heterocycles. The minimum Gasteiger partial charge on any atom is -0.497 e. The molecule has 0 aromatic heterocycles. The zero-order valence-corrected chi connectivity index (χ0v) is 18.6. The van der Waals surface area contributed by atoms with Gasteiger partial charge >= 0.3 is 0 Å². The lowest BCUT2D eigenvalue weighted by atomic mass is 10.0. The van der Waals surface area contributed by atoms with E-state index in [1.807, 2.05) is 71.7 Å². The molecule has 2 atom stereocenters. The van der Waals surface area contributed by atoms with Crippen LogP contribution in [0.2, 0.25) is 0 Å². The summed E-state index contributed by atoms with van der Waals surface area (Å²) in [7, 11) is 1.64. The van der Waals surface area contributed by atoms with Gasteiger partial charge in [0.15, 0.2) is 0 Å². The third-order valence-corrected chi connectivity index (χ3v) is 6.89. The smallest absolute Gasteiger partial charge is 0.294 e. The molecule has 0 saturated carbocycles. The highest BCUT2D eigenvalue weighted by molar-refractivity contribution is 8.17. The number of fused-ring (bicyclic) bond motifs is 4. The number of hydrogen-bond donors (Lipinski definition) is 2. The fraction of sp³-hybridized carbons (Fsp3) is 0.115. The second kappa shape index (κ2) is 7.72. The van der Waals surface area contributed by atoms with Crippen molar-refractivity contribution in [3.05, 3.63) is 107 Å². The molecule has 7 heteroatoms. The number of hydrazine groups is 1. The Morgan fingerprint density at radius 2 is 1.79 bits per heavy atom. The molecule has 3 aliphatic heterocycles. The van der Waals surface area contributed by atoms with Crippen molar-refractivity contribution in [3.8, 4) is 11.5 Å². The largest absolute Gasteiger partial charge is 0.497 e. The molecule has 164 valence electrons. The Morgan fingerprint density at radius 3 is 2.58 bits per heavy atom. The Kier molecular flexibility index (Phi) is 4.67. The summed E-state index contributed by atoms with van der Waals surface area (Å²) in [5.41, 5.74) is 7.54. The van der Waals surface area contributed by atoms with Crippen LogP contribution in [0.4, 0.5) is 4.79 Å². The lowest BCUT2D eigenvalue weighted by Gasteiger charge is -2.45. The summed E-state index contributed by atoms with van der Waals surface area (Å²) >= 11 is 1.15. The Balaban J connectivity index is 1.47. The maximum Gasteiger partial charge on any atom is 0.294 e. The van der Waals surface area contributed by atoms with Gasteiger partial charge in [-0.1, -0.05) is 60.7 Å². The van der Waals surface area contributed by atoms with Crippen LogP contribution in [0.15, 0.2) is 89.8 Å². The van der Waals surface area contributed by atoms with E-state index >= 15 is 0 Å². The van der Waals surface area contributed by atoms with E-state index in [0.717, 1.165) is 50.6 Å². The van der Waals surface area contributed by atoms with E-state index in [-0.39, 0.29) is 11.3 Å². The summed E-state index contributed by atoms with van der Waals surface area (Å²) in [4.78, 5) is 13.5. The lowest BCUT2D eigenvalue weighted by Crippen LogP contribution is -2.66. The molecule has 3 aromatic carbocycles. The number of para-hydroxylation sites is 1. The summed E-state index contributed by atoms with van der Waals surface area (Å²) in [6.45, 7) is 0. The van der Waals surface area contributed by atoms with Gasteiger partial charge in [-0.25, -0.2) is 0 Å². The van der Waals surface area contributed by atoms with E-state index in [2.05, 4.69) is 35.0 Å². The Morgan fingerprint density at radius 1 is 1.03 bits per heavy atom. The molecule has 2 unspecified atom stereocenters. The van der Waals surface area contributed by atoms with Gasteiger partial charge in [-0.05, 0) is 53.2 Å². The number of carbonyl (C=O) groups is 1. The summed E-state index contributed by atoms with van der Waals surface area (Å²) in [6.07, 6.45) is 4.16. The van der Waals surface area contributed by atoms with Gasteiger partial charge in [0.2, 0.25) is 0 Å². The maximum atomic E-state index is 12.7. The molecule has 6 nitrogen and oxygen atoms in total. The van der Waals surface area contributed by atoms with E-state index in [4.69, 9.17) is 9.47 Å². The molecule has 1 fully saturated rings. The third kappa shape index (κ3) is 3.28. The Labute approximate surface area is 195 Å². The second-order valence-electron chi connectivity index (χ2n) is 7.95. The van der Waals surface area contributed by atoms with Crippen molar-refractivity contribution in [2.24, 2.45) is 0 Å². The van der Waals surface area contributed by atoms with E-state index < -0.39 is 5.85 Å². The molecule has 2 N–H and O–H groups in total. The van der Waals surface area contributed by atoms with Crippen LogP contribution in [-0.4, -0.2) is 23.2 Å². The van der Waals surface area contributed by atoms with Crippen molar-refractivity contribution in [2.45, 2.75) is 11.9 Å². The van der Waals surface area contributed by atoms with Crippen LogP contribution in [0.25, 0.3) is 11.8 Å². The fourth-order valence-electron chi connectivity index (χ4n) is 4.41. The number of nitrogens with zero attached hydrogens (tertiary/aromatic N) is 1. The average molecular weight is 456 g/mol. The van der Waals surface area contributed by atoms with Crippen molar-refractivity contribution >= 4 is 28.8 Å². The minimum atomic E-state index is -1.17. The number of amides is 1. The van der Waals surface area contributed by atoms with Gasteiger partial charge in [0.05, 0.1) is 23.8 Å². The van der Waals surface area contributed by atoms with Gasteiger partial charge in [-0.3, -0.25) is 10.1 Å². The van der Waals surface area contributed by atoms with Crippen molar-refractivity contribution in [1.29, 1.82) is 0 Å². The third-order valence-electron chi connectivity index (χ3n) is 5.98. The van der Waals surface area contributed by atoms with Crippen molar-refractivity contribution in [3.63, 3.8) is 0 Å². The quantitative estimate of drug-likeness (QED) is 0.570. The van der Waals surface area contributed by atoms with Gasteiger partial charge < -0.3 is 14.9 Å². The van der Waals surface area contributed by atoms with Gasteiger partial charge in [-0.15, -0.1) is 5.01 Å². The number of rotatable bonds is 3. The molecule has 0 bridgehead atoms. The van der Waals surface area contributed by atoms with Crippen LogP contribution >= 0.6 is 11.8 Å². The number of methoxy groups -OCH3 is 1. The van der Waals surface area contributed by atoms with Crippen molar-refractivity contribution < 1.29 is 14.3 Å². The molecule has 3 aromatic rings. The van der Waals surface area contributed by atoms with Crippen LogP contribution in [0, 0.1) is 0 Å². The average Bonchev–Trinajstić information content (AvgIpc) is 3.43.